The summed E-state index contributed by atoms with van der Waals surface area (Å²) in [6.45, 7) is 8.40. The second-order valence-electron chi connectivity index (χ2n) is 4.88. The number of hydrogen-bond acceptors (Lipinski definition) is 2. The van der Waals surface area contributed by atoms with Crippen LogP contribution in [0.4, 0.5) is 0 Å². The van der Waals surface area contributed by atoms with E-state index in [2.05, 4.69) is 25.9 Å². The Balaban J connectivity index is 2.81. The van der Waals surface area contributed by atoms with Crippen LogP contribution in [0.15, 0.2) is 16.7 Å². The molecular weight excluding hydrogens is 210 g/mol. The Labute approximate surface area is 94.2 Å². The molecule has 2 aromatic rings. The fraction of sp³-hybridized carbons (Fsp3) is 0.417. The Morgan fingerprint density at radius 1 is 1.27 bits per heavy atom. The maximum atomic E-state index is 5.96. The van der Waals surface area contributed by atoms with Crippen LogP contribution < -0.4 is 0 Å². The van der Waals surface area contributed by atoms with Crippen LogP contribution >= 0.6 is 11.6 Å². The summed E-state index contributed by atoms with van der Waals surface area (Å²) in [7, 11) is 0. The lowest BCUT2D eigenvalue weighted by Gasteiger charge is -2.15. The van der Waals surface area contributed by atoms with Gasteiger partial charge in [-0.05, 0) is 18.6 Å². The Bertz CT molecular complexity index is 508. The molecule has 0 saturated heterocycles. The SMILES string of the molecule is Cc1cc(Cl)cc2onc(C(C)(C)C)c12. The third-order valence-corrected chi connectivity index (χ3v) is 2.66. The Morgan fingerprint density at radius 3 is 2.53 bits per heavy atom. The van der Waals surface area contributed by atoms with Crippen LogP contribution in [-0.4, -0.2) is 5.16 Å². The summed E-state index contributed by atoms with van der Waals surface area (Å²) < 4.78 is 5.30. The molecule has 0 aliphatic heterocycles. The van der Waals surface area contributed by atoms with Gasteiger partial charge in [-0.2, -0.15) is 0 Å². The van der Waals surface area contributed by atoms with E-state index in [-0.39, 0.29) is 5.41 Å². The molecule has 1 aromatic carbocycles. The van der Waals surface area contributed by atoms with Gasteiger partial charge in [-0.1, -0.05) is 37.5 Å². The summed E-state index contributed by atoms with van der Waals surface area (Å²) in [5.41, 5.74) is 2.87. The minimum atomic E-state index is -0.0101. The molecule has 0 fully saturated rings. The third kappa shape index (κ3) is 1.74. The van der Waals surface area contributed by atoms with Gasteiger partial charge in [0.2, 0.25) is 0 Å². The number of hydrogen-bond donors (Lipinski definition) is 0. The van der Waals surface area contributed by atoms with Crippen LogP contribution in [0.3, 0.4) is 0 Å². The summed E-state index contributed by atoms with van der Waals surface area (Å²) >= 11 is 5.96. The molecule has 0 aliphatic rings. The highest BCUT2D eigenvalue weighted by Crippen LogP contribution is 2.33. The van der Waals surface area contributed by atoms with E-state index in [0.29, 0.717) is 5.02 Å². The normalized spacial score (nSPS) is 12.3. The average molecular weight is 224 g/mol. The van der Waals surface area contributed by atoms with Gasteiger partial charge in [0.1, 0.15) is 0 Å². The zero-order chi connectivity index (χ0) is 11.2. The van der Waals surface area contributed by atoms with Gasteiger partial charge in [-0.25, -0.2) is 0 Å². The van der Waals surface area contributed by atoms with E-state index in [1.54, 1.807) is 0 Å². The number of halogens is 1. The zero-order valence-corrected chi connectivity index (χ0v) is 10.1. The van der Waals surface area contributed by atoms with E-state index in [9.17, 15) is 0 Å². The van der Waals surface area contributed by atoms with Crippen LogP contribution in [0, 0.1) is 6.92 Å². The van der Waals surface area contributed by atoms with Gasteiger partial charge in [0.05, 0.1) is 5.69 Å². The molecule has 0 aliphatic carbocycles. The van der Waals surface area contributed by atoms with Gasteiger partial charge < -0.3 is 4.52 Å². The maximum absolute atomic E-state index is 5.96. The molecule has 0 unspecified atom stereocenters. The fourth-order valence-electron chi connectivity index (χ4n) is 1.74. The third-order valence-electron chi connectivity index (χ3n) is 2.45. The molecule has 0 radical (unpaired) electrons. The Hall–Kier alpha value is -1.02. The lowest BCUT2D eigenvalue weighted by atomic mass is 9.89. The van der Waals surface area contributed by atoms with Crippen LogP contribution in [0.25, 0.3) is 11.0 Å². The molecule has 80 valence electrons. The molecule has 15 heavy (non-hydrogen) atoms. The van der Waals surface area contributed by atoms with Crippen molar-refractivity contribution < 1.29 is 4.52 Å². The van der Waals surface area contributed by atoms with Crippen molar-refractivity contribution in [3.63, 3.8) is 0 Å². The van der Waals surface area contributed by atoms with Crippen LogP contribution in [0.1, 0.15) is 32.0 Å². The van der Waals surface area contributed by atoms with Crippen molar-refractivity contribution in [2.75, 3.05) is 0 Å². The minimum absolute atomic E-state index is 0.0101. The topological polar surface area (TPSA) is 26.0 Å². The fourth-order valence-corrected chi connectivity index (χ4v) is 2.00. The van der Waals surface area contributed by atoms with Gasteiger partial charge in [-0.3, -0.25) is 0 Å². The molecule has 0 N–H and O–H groups in total. The van der Waals surface area contributed by atoms with Crippen LogP contribution in [0.2, 0.25) is 5.02 Å². The first kappa shape index (κ1) is 10.5. The molecule has 2 rings (SSSR count). The van der Waals surface area contributed by atoms with E-state index in [1.165, 1.54) is 0 Å². The van der Waals surface area contributed by atoms with Crippen molar-refractivity contribution in [2.24, 2.45) is 0 Å². The quantitative estimate of drug-likeness (QED) is 0.673. The lowest BCUT2D eigenvalue weighted by molar-refractivity contribution is 0.419. The molecular formula is C12H14ClNO. The summed E-state index contributed by atoms with van der Waals surface area (Å²) in [5, 5.41) is 5.92. The number of aromatic nitrogens is 1. The molecule has 2 nitrogen and oxygen atoms in total. The zero-order valence-electron chi connectivity index (χ0n) is 9.39. The monoisotopic (exact) mass is 223 g/mol. The Kier molecular flexibility index (Phi) is 2.27. The molecule has 1 aromatic heterocycles. The summed E-state index contributed by atoms with van der Waals surface area (Å²) in [6, 6.07) is 3.75. The summed E-state index contributed by atoms with van der Waals surface area (Å²) in [5.74, 6) is 0. The smallest absolute Gasteiger partial charge is 0.168 e. The van der Waals surface area contributed by atoms with E-state index >= 15 is 0 Å². The van der Waals surface area contributed by atoms with Crippen molar-refractivity contribution in [1.29, 1.82) is 0 Å². The molecule has 1 heterocycles. The van der Waals surface area contributed by atoms with E-state index in [0.717, 1.165) is 22.2 Å². The van der Waals surface area contributed by atoms with Gasteiger partial charge in [0.25, 0.3) is 0 Å². The maximum Gasteiger partial charge on any atom is 0.168 e. The van der Waals surface area contributed by atoms with Crippen molar-refractivity contribution >= 4 is 22.6 Å². The Morgan fingerprint density at radius 2 is 1.93 bits per heavy atom. The van der Waals surface area contributed by atoms with E-state index in [4.69, 9.17) is 16.1 Å². The number of benzene rings is 1. The van der Waals surface area contributed by atoms with Crippen molar-refractivity contribution in [2.45, 2.75) is 33.1 Å². The molecule has 3 heteroatoms. The van der Waals surface area contributed by atoms with E-state index in [1.807, 2.05) is 19.1 Å². The first-order valence-corrected chi connectivity index (χ1v) is 5.33. The lowest BCUT2D eigenvalue weighted by Crippen LogP contribution is -2.12. The minimum Gasteiger partial charge on any atom is -0.356 e. The van der Waals surface area contributed by atoms with Gasteiger partial charge in [0, 0.05) is 21.9 Å². The first-order valence-electron chi connectivity index (χ1n) is 4.95. The highest BCUT2D eigenvalue weighted by molar-refractivity contribution is 6.31. The number of nitrogens with zero attached hydrogens (tertiary/aromatic N) is 1. The average Bonchev–Trinajstić information content (AvgIpc) is 2.45. The molecule has 0 bridgehead atoms. The number of aryl methyl sites for hydroxylation is 1. The van der Waals surface area contributed by atoms with Crippen molar-refractivity contribution in [3.05, 3.63) is 28.4 Å². The molecule has 0 saturated carbocycles. The molecule has 0 atom stereocenters. The predicted molar refractivity (Wildman–Crippen MR) is 62.5 cm³/mol. The van der Waals surface area contributed by atoms with Crippen LogP contribution in [0.5, 0.6) is 0 Å². The van der Waals surface area contributed by atoms with Crippen molar-refractivity contribution in [3.8, 4) is 0 Å². The predicted octanol–water partition coefficient (Wildman–Crippen LogP) is 4.09. The van der Waals surface area contributed by atoms with Gasteiger partial charge in [0.15, 0.2) is 5.58 Å². The molecule has 0 amide bonds. The van der Waals surface area contributed by atoms with Gasteiger partial charge in [-0.15, -0.1) is 0 Å². The second-order valence-corrected chi connectivity index (χ2v) is 5.31. The standard InChI is InChI=1S/C12H14ClNO/c1-7-5-8(13)6-9-10(7)11(14-15-9)12(2,3)4/h5-6H,1-4H3. The number of fused-ring (bicyclic) bond motifs is 1. The van der Waals surface area contributed by atoms with Crippen LogP contribution in [-0.2, 0) is 5.41 Å². The summed E-state index contributed by atoms with van der Waals surface area (Å²) in [4.78, 5) is 0. The largest absolute Gasteiger partial charge is 0.356 e. The molecule has 0 spiro atoms. The second kappa shape index (κ2) is 3.24. The summed E-state index contributed by atoms with van der Waals surface area (Å²) in [6.07, 6.45) is 0. The van der Waals surface area contributed by atoms with E-state index < -0.39 is 0 Å². The number of rotatable bonds is 0. The first-order chi connectivity index (χ1) is 6.89. The highest BCUT2D eigenvalue weighted by Gasteiger charge is 2.23. The van der Waals surface area contributed by atoms with Gasteiger partial charge >= 0.3 is 0 Å². The van der Waals surface area contributed by atoms with Crippen molar-refractivity contribution in [1.82, 2.24) is 5.16 Å². The highest BCUT2D eigenvalue weighted by atomic mass is 35.5.